The highest BCUT2D eigenvalue weighted by Gasteiger charge is 2.14. The highest BCUT2D eigenvalue weighted by molar-refractivity contribution is 5.75. The van der Waals surface area contributed by atoms with Crippen molar-refractivity contribution in [3.05, 3.63) is 17.7 Å². The summed E-state index contributed by atoms with van der Waals surface area (Å²) in [5.41, 5.74) is 0.894. The van der Waals surface area contributed by atoms with Crippen LogP contribution in [0, 0.1) is 0 Å². The second-order valence-corrected chi connectivity index (χ2v) is 4.76. The Morgan fingerprint density at radius 1 is 1.00 bits per heavy atom. The van der Waals surface area contributed by atoms with Crippen molar-refractivity contribution in [2.24, 2.45) is 0 Å². The first-order chi connectivity index (χ1) is 10.6. The molecule has 0 bridgehead atoms. The number of rotatable bonds is 11. The first-order valence-electron chi connectivity index (χ1n) is 7.06. The summed E-state index contributed by atoms with van der Waals surface area (Å²) >= 11 is 0. The minimum absolute atomic E-state index is 0.122. The van der Waals surface area contributed by atoms with Crippen molar-refractivity contribution in [1.29, 1.82) is 0 Å². The van der Waals surface area contributed by atoms with E-state index in [2.05, 4.69) is 0 Å². The molecular formula is C16H24O6. The van der Waals surface area contributed by atoms with Crippen molar-refractivity contribution in [1.82, 2.24) is 0 Å². The Morgan fingerprint density at radius 2 is 1.64 bits per heavy atom. The van der Waals surface area contributed by atoms with E-state index in [1.807, 2.05) is 0 Å². The van der Waals surface area contributed by atoms with Crippen LogP contribution in [0.1, 0.15) is 25.3 Å². The van der Waals surface area contributed by atoms with Gasteiger partial charge in [0.05, 0.1) is 7.11 Å². The average Bonchev–Trinajstić information content (AvgIpc) is 2.51. The summed E-state index contributed by atoms with van der Waals surface area (Å²) in [6.07, 6.45) is 1.93. The van der Waals surface area contributed by atoms with Gasteiger partial charge >= 0.3 is 0 Å². The summed E-state index contributed by atoms with van der Waals surface area (Å²) in [7, 11) is 4.69. The molecule has 0 aliphatic carbocycles. The number of hydrogen-bond donors (Lipinski definition) is 0. The van der Waals surface area contributed by atoms with Crippen LogP contribution in [0.15, 0.2) is 12.1 Å². The molecule has 0 unspecified atom stereocenters. The van der Waals surface area contributed by atoms with Crippen LogP contribution >= 0.6 is 0 Å². The van der Waals surface area contributed by atoms with Crippen LogP contribution in [-0.4, -0.2) is 40.7 Å². The molecule has 0 aliphatic rings. The van der Waals surface area contributed by atoms with Crippen molar-refractivity contribution in [3.63, 3.8) is 0 Å². The lowest BCUT2D eigenvalue weighted by atomic mass is 10.0. The van der Waals surface area contributed by atoms with E-state index in [1.165, 1.54) is 0 Å². The molecule has 0 atom stereocenters. The van der Waals surface area contributed by atoms with Gasteiger partial charge in [-0.3, -0.25) is 0 Å². The molecule has 1 rings (SSSR count). The topological polar surface area (TPSA) is 63.2 Å². The molecule has 1 aromatic rings. The second kappa shape index (κ2) is 10.0. The second-order valence-electron chi connectivity index (χ2n) is 4.76. The minimum Gasteiger partial charge on any atom is -0.496 e. The van der Waals surface area contributed by atoms with Crippen molar-refractivity contribution in [2.75, 3.05) is 34.9 Å². The number of methoxy groups -OCH3 is 3. The van der Waals surface area contributed by atoms with E-state index in [1.54, 1.807) is 40.4 Å². The zero-order valence-electron chi connectivity index (χ0n) is 13.6. The number of Topliss-reactive ketones (excluding diaryl/α,β-unsaturated/α-hetero) is 1. The average molecular weight is 312 g/mol. The Morgan fingerprint density at radius 3 is 2.23 bits per heavy atom. The van der Waals surface area contributed by atoms with Gasteiger partial charge in [-0.15, -0.1) is 0 Å². The van der Waals surface area contributed by atoms with Crippen LogP contribution in [0.2, 0.25) is 0 Å². The van der Waals surface area contributed by atoms with Gasteiger partial charge in [-0.2, -0.15) is 0 Å². The van der Waals surface area contributed by atoms with Gasteiger partial charge in [0.15, 0.2) is 13.6 Å². The smallest absolute Gasteiger partial charge is 0.188 e. The Balaban J connectivity index is 2.99. The summed E-state index contributed by atoms with van der Waals surface area (Å²) in [6.45, 7) is 1.84. The number of carbonyl (C=O) groups excluding carboxylic acids is 1. The maximum absolute atomic E-state index is 11.1. The molecule has 6 heteroatoms. The third-order valence-corrected chi connectivity index (χ3v) is 2.99. The zero-order chi connectivity index (χ0) is 16.4. The Hall–Kier alpha value is -1.79. The monoisotopic (exact) mass is 312 g/mol. The normalized spacial score (nSPS) is 10.4. The zero-order valence-corrected chi connectivity index (χ0v) is 13.6. The van der Waals surface area contributed by atoms with E-state index in [4.69, 9.17) is 23.7 Å². The molecule has 0 N–H and O–H groups in total. The Kier molecular flexibility index (Phi) is 8.32. The van der Waals surface area contributed by atoms with Crippen LogP contribution in [0.5, 0.6) is 17.2 Å². The molecule has 0 saturated heterocycles. The number of hydrogen-bond acceptors (Lipinski definition) is 6. The number of benzene rings is 1. The Labute approximate surface area is 131 Å². The number of ether oxygens (including phenoxy) is 5. The van der Waals surface area contributed by atoms with Crippen molar-refractivity contribution < 1.29 is 28.5 Å². The van der Waals surface area contributed by atoms with Gasteiger partial charge in [-0.05, 0) is 19.8 Å². The molecular weight excluding hydrogens is 288 g/mol. The first kappa shape index (κ1) is 18.3. The number of carbonyl (C=O) groups is 1. The molecule has 124 valence electrons. The van der Waals surface area contributed by atoms with Crippen molar-refractivity contribution >= 4 is 5.78 Å². The number of ketones is 1. The molecule has 0 amide bonds. The quantitative estimate of drug-likeness (QED) is 0.585. The van der Waals surface area contributed by atoms with Gasteiger partial charge < -0.3 is 28.5 Å². The summed E-state index contributed by atoms with van der Waals surface area (Å²) in [5, 5.41) is 0. The fourth-order valence-corrected chi connectivity index (χ4v) is 2.00. The van der Waals surface area contributed by atoms with Gasteiger partial charge in [0.2, 0.25) is 0 Å². The lowest BCUT2D eigenvalue weighted by Crippen LogP contribution is -2.06. The van der Waals surface area contributed by atoms with E-state index in [0.29, 0.717) is 30.1 Å². The predicted molar refractivity (Wildman–Crippen MR) is 81.6 cm³/mol. The maximum Gasteiger partial charge on any atom is 0.188 e. The third-order valence-electron chi connectivity index (χ3n) is 2.99. The standard InChI is InChI=1S/C16H24O6/c1-12(17)6-5-7-14-15(20-4)8-13(21-10-18-2)9-16(14)22-11-19-3/h8-9H,5-7,10-11H2,1-4H3. The molecule has 0 radical (unpaired) electrons. The lowest BCUT2D eigenvalue weighted by molar-refractivity contribution is -0.117. The predicted octanol–water partition coefficient (Wildman–Crippen LogP) is 2.57. The Bertz CT molecular complexity index is 472. The van der Waals surface area contributed by atoms with Crippen LogP contribution < -0.4 is 14.2 Å². The van der Waals surface area contributed by atoms with Crippen LogP contribution in [-0.2, 0) is 20.7 Å². The summed E-state index contributed by atoms with van der Waals surface area (Å²) in [6, 6.07) is 3.55. The highest BCUT2D eigenvalue weighted by atomic mass is 16.7. The van der Waals surface area contributed by atoms with E-state index in [9.17, 15) is 4.79 Å². The van der Waals surface area contributed by atoms with Crippen LogP contribution in [0.3, 0.4) is 0 Å². The van der Waals surface area contributed by atoms with E-state index >= 15 is 0 Å². The summed E-state index contributed by atoms with van der Waals surface area (Å²) in [4.78, 5) is 11.1. The van der Waals surface area contributed by atoms with Gasteiger partial charge in [-0.1, -0.05) is 0 Å². The van der Waals surface area contributed by atoms with Crippen LogP contribution in [0.25, 0.3) is 0 Å². The SMILES string of the molecule is COCOc1cc(OC)c(CCCC(C)=O)c(OCOC)c1. The highest BCUT2D eigenvalue weighted by Crippen LogP contribution is 2.35. The van der Waals surface area contributed by atoms with E-state index in [0.717, 1.165) is 12.0 Å². The van der Waals surface area contributed by atoms with Gasteiger partial charge in [0.25, 0.3) is 0 Å². The minimum atomic E-state index is 0.122. The largest absolute Gasteiger partial charge is 0.496 e. The lowest BCUT2D eigenvalue weighted by Gasteiger charge is -2.16. The van der Waals surface area contributed by atoms with Crippen LogP contribution in [0.4, 0.5) is 0 Å². The third kappa shape index (κ3) is 5.91. The molecule has 22 heavy (non-hydrogen) atoms. The molecule has 0 saturated carbocycles. The molecule has 0 spiro atoms. The fourth-order valence-electron chi connectivity index (χ4n) is 2.00. The summed E-state index contributed by atoms with van der Waals surface area (Å²) < 4.78 is 26.3. The van der Waals surface area contributed by atoms with Crippen molar-refractivity contribution in [2.45, 2.75) is 26.2 Å². The molecule has 0 aliphatic heterocycles. The van der Waals surface area contributed by atoms with E-state index < -0.39 is 0 Å². The molecule has 0 aromatic heterocycles. The molecule has 0 fully saturated rings. The van der Waals surface area contributed by atoms with Gasteiger partial charge in [0.1, 0.15) is 23.0 Å². The molecule has 1 aromatic carbocycles. The van der Waals surface area contributed by atoms with Gasteiger partial charge in [0, 0.05) is 38.3 Å². The van der Waals surface area contributed by atoms with Gasteiger partial charge in [-0.25, -0.2) is 0 Å². The fraction of sp³-hybridized carbons (Fsp3) is 0.562. The van der Waals surface area contributed by atoms with E-state index in [-0.39, 0.29) is 19.4 Å². The molecule has 6 nitrogen and oxygen atoms in total. The first-order valence-corrected chi connectivity index (χ1v) is 7.06. The maximum atomic E-state index is 11.1. The van der Waals surface area contributed by atoms with Crippen molar-refractivity contribution in [3.8, 4) is 17.2 Å². The summed E-state index contributed by atoms with van der Waals surface area (Å²) in [5.74, 6) is 2.03. The molecule has 0 heterocycles.